The third-order valence-electron chi connectivity index (χ3n) is 2.99. The third-order valence-corrected chi connectivity index (χ3v) is 2.99. The van der Waals surface area contributed by atoms with Gasteiger partial charge in [-0.25, -0.2) is 4.98 Å². The fourth-order valence-electron chi connectivity index (χ4n) is 2.19. The molecule has 2 heterocycles. The van der Waals surface area contributed by atoms with Crippen LogP contribution >= 0.6 is 0 Å². The molecule has 0 unspecified atom stereocenters. The van der Waals surface area contributed by atoms with E-state index in [1.54, 1.807) is 0 Å². The lowest BCUT2D eigenvalue weighted by molar-refractivity contribution is 0.456. The van der Waals surface area contributed by atoms with Crippen molar-refractivity contribution in [2.45, 2.75) is 39.0 Å². The van der Waals surface area contributed by atoms with Crippen LogP contribution in [-0.4, -0.2) is 9.38 Å². The molecule has 0 aromatic carbocycles. The molecule has 2 aromatic rings. The molecule has 0 spiro atoms. The molecule has 0 N–H and O–H groups in total. The molecule has 15 heavy (non-hydrogen) atoms. The molecule has 0 atom stereocenters. The number of aromatic nitrogens is 2. The fraction of sp³-hybridized carbons (Fsp3) is 0.462. The lowest BCUT2D eigenvalue weighted by atomic mass is 9.85. The van der Waals surface area contributed by atoms with Crippen LogP contribution in [0.5, 0.6) is 0 Å². The lowest BCUT2D eigenvalue weighted by Crippen LogP contribution is -2.18. The van der Waals surface area contributed by atoms with Gasteiger partial charge in [-0.15, -0.1) is 0 Å². The smallest absolute Gasteiger partial charge is 0.136 e. The van der Waals surface area contributed by atoms with Gasteiger partial charge in [0, 0.05) is 23.5 Å². The number of nitrogens with zero attached hydrogens (tertiary/aromatic N) is 2. The van der Waals surface area contributed by atoms with Crippen LogP contribution in [0.4, 0.5) is 0 Å². The van der Waals surface area contributed by atoms with Gasteiger partial charge in [-0.05, 0) is 18.6 Å². The molecule has 0 fully saturated rings. The van der Waals surface area contributed by atoms with E-state index in [0.29, 0.717) is 0 Å². The monoisotopic (exact) mass is 202 g/mol. The van der Waals surface area contributed by atoms with Crippen molar-refractivity contribution in [2.24, 2.45) is 0 Å². The Labute approximate surface area is 91.0 Å². The molecule has 2 heteroatoms. The van der Waals surface area contributed by atoms with Gasteiger partial charge in [-0.3, -0.25) is 0 Å². The minimum absolute atomic E-state index is 0.204. The van der Waals surface area contributed by atoms with Gasteiger partial charge >= 0.3 is 0 Å². The van der Waals surface area contributed by atoms with Crippen LogP contribution in [0.15, 0.2) is 30.6 Å². The first-order chi connectivity index (χ1) is 7.15. The first kappa shape index (κ1) is 10.2. The molecule has 0 radical (unpaired) electrons. The molecule has 0 amide bonds. The summed E-state index contributed by atoms with van der Waals surface area (Å²) in [6, 6.07) is 6.13. The second kappa shape index (κ2) is 3.69. The molecule has 0 aliphatic carbocycles. The average Bonchev–Trinajstić information content (AvgIpc) is 2.61. The molecule has 2 rings (SSSR count). The quantitative estimate of drug-likeness (QED) is 0.745. The van der Waals surface area contributed by atoms with Gasteiger partial charge in [0.25, 0.3) is 0 Å². The van der Waals surface area contributed by atoms with Gasteiger partial charge in [-0.2, -0.15) is 0 Å². The van der Waals surface area contributed by atoms with Crippen molar-refractivity contribution in [3.05, 3.63) is 36.3 Å². The number of imidazole rings is 1. The zero-order chi connectivity index (χ0) is 10.9. The van der Waals surface area contributed by atoms with Crippen molar-refractivity contribution in [1.29, 1.82) is 0 Å². The van der Waals surface area contributed by atoms with Crippen LogP contribution in [-0.2, 0) is 5.41 Å². The summed E-state index contributed by atoms with van der Waals surface area (Å²) >= 11 is 0. The molecule has 2 nitrogen and oxygen atoms in total. The normalized spacial score (nSPS) is 12.2. The summed E-state index contributed by atoms with van der Waals surface area (Å²) in [5.74, 6) is 0. The first-order valence-corrected chi connectivity index (χ1v) is 5.58. The Morgan fingerprint density at radius 2 is 2.13 bits per heavy atom. The summed E-state index contributed by atoms with van der Waals surface area (Å²) in [5.41, 5.74) is 2.55. The fourth-order valence-corrected chi connectivity index (χ4v) is 2.19. The van der Waals surface area contributed by atoms with Crippen molar-refractivity contribution in [1.82, 2.24) is 9.38 Å². The Bertz CT molecular complexity index is 454. The highest BCUT2D eigenvalue weighted by Gasteiger charge is 2.22. The third kappa shape index (κ3) is 1.76. The van der Waals surface area contributed by atoms with Gasteiger partial charge in [0.2, 0.25) is 0 Å². The van der Waals surface area contributed by atoms with Crippen LogP contribution in [0, 0.1) is 0 Å². The highest BCUT2D eigenvalue weighted by atomic mass is 15.0. The maximum absolute atomic E-state index is 4.43. The van der Waals surface area contributed by atoms with Crippen molar-refractivity contribution >= 4 is 5.65 Å². The summed E-state index contributed by atoms with van der Waals surface area (Å²) in [5, 5.41) is 0. The van der Waals surface area contributed by atoms with Crippen molar-refractivity contribution in [3.63, 3.8) is 0 Å². The number of hydrogen-bond acceptors (Lipinski definition) is 1. The Balaban J connectivity index is 2.52. The zero-order valence-electron chi connectivity index (χ0n) is 9.70. The van der Waals surface area contributed by atoms with Crippen molar-refractivity contribution < 1.29 is 0 Å². The van der Waals surface area contributed by atoms with Crippen LogP contribution in [0.1, 0.15) is 39.3 Å². The van der Waals surface area contributed by atoms with E-state index in [0.717, 1.165) is 5.65 Å². The molecule has 0 saturated carbocycles. The van der Waals surface area contributed by atoms with Crippen LogP contribution < -0.4 is 0 Å². The van der Waals surface area contributed by atoms with E-state index < -0.39 is 0 Å². The van der Waals surface area contributed by atoms with Crippen molar-refractivity contribution in [3.8, 4) is 0 Å². The maximum Gasteiger partial charge on any atom is 0.136 e. The second-order valence-corrected chi connectivity index (χ2v) is 4.71. The van der Waals surface area contributed by atoms with Gasteiger partial charge in [-0.1, -0.05) is 33.3 Å². The summed E-state index contributed by atoms with van der Waals surface area (Å²) < 4.78 is 2.19. The maximum atomic E-state index is 4.43. The van der Waals surface area contributed by atoms with Crippen LogP contribution in [0.3, 0.4) is 0 Å². The van der Waals surface area contributed by atoms with E-state index in [9.17, 15) is 0 Å². The molecule has 0 saturated heterocycles. The number of hydrogen-bond donors (Lipinski definition) is 0. The first-order valence-electron chi connectivity index (χ1n) is 5.58. The minimum Gasteiger partial charge on any atom is -0.304 e. The van der Waals surface area contributed by atoms with Gasteiger partial charge in [0.05, 0.1) is 0 Å². The predicted molar refractivity (Wildman–Crippen MR) is 63.1 cm³/mol. The van der Waals surface area contributed by atoms with E-state index in [1.165, 1.54) is 18.5 Å². The standard InChI is InChI=1S/C13H18N2/c1-4-8-13(2,3)11-10-14-12-7-5-6-9-15(11)12/h5-7,9-10H,4,8H2,1-3H3. The minimum atomic E-state index is 0.204. The van der Waals surface area contributed by atoms with Crippen molar-refractivity contribution in [2.75, 3.05) is 0 Å². The van der Waals surface area contributed by atoms with E-state index in [2.05, 4.69) is 42.4 Å². The topological polar surface area (TPSA) is 17.3 Å². The predicted octanol–water partition coefficient (Wildman–Crippen LogP) is 3.41. The molecular formula is C13H18N2. The molecule has 0 aliphatic rings. The zero-order valence-corrected chi connectivity index (χ0v) is 9.70. The van der Waals surface area contributed by atoms with Gasteiger partial charge < -0.3 is 4.40 Å². The Morgan fingerprint density at radius 1 is 1.33 bits per heavy atom. The summed E-state index contributed by atoms with van der Waals surface area (Å²) in [7, 11) is 0. The van der Waals surface area contributed by atoms with Gasteiger partial charge in [0.1, 0.15) is 5.65 Å². The van der Waals surface area contributed by atoms with E-state index >= 15 is 0 Å². The number of pyridine rings is 1. The average molecular weight is 202 g/mol. The van der Waals surface area contributed by atoms with E-state index in [-0.39, 0.29) is 5.41 Å². The highest BCUT2D eigenvalue weighted by Crippen LogP contribution is 2.28. The summed E-state index contributed by atoms with van der Waals surface area (Å²) in [6.07, 6.45) is 6.49. The lowest BCUT2D eigenvalue weighted by Gasteiger charge is -2.23. The Hall–Kier alpha value is -1.31. The number of rotatable bonds is 3. The second-order valence-electron chi connectivity index (χ2n) is 4.71. The highest BCUT2D eigenvalue weighted by molar-refractivity contribution is 5.41. The SMILES string of the molecule is CCCC(C)(C)c1cnc2ccccn12. The Kier molecular flexibility index (Phi) is 2.51. The van der Waals surface area contributed by atoms with Crippen LogP contribution in [0.25, 0.3) is 5.65 Å². The molecule has 0 aliphatic heterocycles. The van der Waals surface area contributed by atoms with Crippen LogP contribution in [0.2, 0.25) is 0 Å². The molecular weight excluding hydrogens is 184 g/mol. The van der Waals surface area contributed by atoms with E-state index in [1.807, 2.05) is 18.3 Å². The molecule has 80 valence electrons. The van der Waals surface area contributed by atoms with E-state index in [4.69, 9.17) is 0 Å². The molecule has 2 aromatic heterocycles. The number of fused-ring (bicyclic) bond motifs is 1. The largest absolute Gasteiger partial charge is 0.304 e. The summed E-state index contributed by atoms with van der Waals surface area (Å²) in [4.78, 5) is 4.43. The van der Waals surface area contributed by atoms with Gasteiger partial charge in [0.15, 0.2) is 0 Å². The summed E-state index contributed by atoms with van der Waals surface area (Å²) in [6.45, 7) is 6.80. The molecule has 0 bridgehead atoms. The Morgan fingerprint density at radius 3 is 2.87 bits per heavy atom.